The predicted octanol–water partition coefficient (Wildman–Crippen LogP) is 2.30. The van der Waals surface area contributed by atoms with Gasteiger partial charge in [0.15, 0.2) is 0 Å². The molecule has 2 rings (SSSR count). The van der Waals surface area contributed by atoms with Gasteiger partial charge in [-0.05, 0) is 25.3 Å². The monoisotopic (exact) mass is 228 g/mol. The normalized spacial score (nSPS) is 20.9. The van der Waals surface area contributed by atoms with E-state index >= 15 is 0 Å². The number of likely N-dealkylation sites (tertiary alicyclic amines) is 1. The lowest BCUT2D eigenvalue weighted by Crippen LogP contribution is -2.37. The zero-order chi connectivity index (χ0) is 12.3. The Hall–Kier alpha value is -1.82. The Balaban J connectivity index is 2.20. The molecule has 1 saturated heterocycles. The van der Waals surface area contributed by atoms with Crippen molar-refractivity contribution in [1.29, 1.82) is 5.26 Å². The standard InChI is InChI=1S/C14H16N2O/c1-11-6-5-9-16(11)14(17)13(10-15)12-7-3-2-4-8-12/h2-4,7-8,11,13H,5-6,9H2,1H3. The largest absolute Gasteiger partial charge is 0.339 e. The van der Waals surface area contributed by atoms with E-state index < -0.39 is 5.92 Å². The molecule has 1 aliphatic heterocycles. The van der Waals surface area contributed by atoms with Crippen molar-refractivity contribution in [3.63, 3.8) is 0 Å². The van der Waals surface area contributed by atoms with Gasteiger partial charge in [-0.3, -0.25) is 4.79 Å². The van der Waals surface area contributed by atoms with Crippen LogP contribution >= 0.6 is 0 Å². The second-order valence-corrected chi connectivity index (χ2v) is 4.50. The minimum absolute atomic E-state index is 0.0521. The van der Waals surface area contributed by atoms with Crippen molar-refractivity contribution in [2.75, 3.05) is 6.54 Å². The van der Waals surface area contributed by atoms with Gasteiger partial charge in [0.1, 0.15) is 5.92 Å². The summed E-state index contributed by atoms with van der Waals surface area (Å²) >= 11 is 0. The van der Waals surface area contributed by atoms with Gasteiger partial charge in [0.2, 0.25) is 5.91 Å². The van der Waals surface area contributed by atoms with Crippen molar-refractivity contribution in [1.82, 2.24) is 4.90 Å². The second-order valence-electron chi connectivity index (χ2n) is 4.50. The van der Waals surface area contributed by atoms with Gasteiger partial charge >= 0.3 is 0 Å². The highest BCUT2D eigenvalue weighted by atomic mass is 16.2. The molecule has 2 atom stereocenters. The quantitative estimate of drug-likeness (QED) is 0.779. The summed E-state index contributed by atoms with van der Waals surface area (Å²) in [7, 11) is 0. The van der Waals surface area contributed by atoms with Crippen LogP contribution < -0.4 is 0 Å². The number of carbonyl (C=O) groups is 1. The van der Waals surface area contributed by atoms with Gasteiger partial charge in [-0.15, -0.1) is 0 Å². The van der Waals surface area contributed by atoms with Gasteiger partial charge in [-0.1, -0.05) is 30.3 Å². The Labute approximate surface area is 102 Å². The molecule has 1 fully saturated rings. The molecule has 1 aliphatic rings. The molecule has 1 amide bonds. The van der Waals surface area contributed by atoms with E-state index in [0.29, 0.717) is 0 Å². The van der Waals surface area contributed by atoms with E-state index in [-0.39, 0.29) is 11.9 Å². The highest BCUT2D eigenvalue weighted by molar-refractivity contribution is 5.86. The van der Waals surface area contributed by atoms with Crippen LogP contribution in [0.1, 0.15) is 31.2 Å². The van der Waals surface area contributed by atoms with Gasteiger partial charge in [0.25, 0.3) is 0 Å². The number of amides is 1. The van der Waals surface area contributed by atoms with Crippen molar-refractivity contribution in [2.45, 2.75) is 31.7 Å². The van der Waals surface area contributed by atoms with Gasteiger partial charge in [0.05, 0.1) is 6.07 Å². The fourth-order valence-corrected chi connectivity index (χ4v) is 2.34. The van der Waals surface area contributed by atoms with Crippen LogP contribution in [0.25, 0.3) is 0 Å². The van der Waals surface area contributed by atoms with E-state index in [9.17, 15) is 10.1 Å². The molecule has 0 aliphatic carbocycles. The SMILES string of the molecule is CC1CCCN1C(=O)C(C#N)c1ccccc1. The van der Waals surface area contributed by atoms with E-state index in [4.69, 9.17) is 0 Å². The number of hydrogen-bond donors (Lipinski definition) is 0. The molecule has 88 valence electrons. The molecular weight excluding hydrogens is 212 g/mol. The lowest BCUT2D eigenvalue weighted by atomic mass is 9.99. The highest BCUT2D eigenvalue weighted by Crippen LogP contribution is 2.24. The summed E-state index contributed by atoms with van der Waals surface area (Å²) in [4.78, 5) is 14.1. The minimum atomic E-state index is -0.656. The van der Waals surface area contributed by atoms with Crippen LogP contribution in [0.15, 0.2) is 30.3 Å². The van der Waals surface area contributed by atoms with Crippen molar-refractivity contribution in [2.24, 2.45) is 0 Å². The maximum absolute atomic E-state index is 12.3. The molecule has 0 N–H and O–H groups in total. The molecule has 0 saturated carbocycles. The lowest BCUT2D eigenvalue weighted by molar-refractivity contribution is -0.132. The third kappa shape index (κ3) is 2.31. The molecule has 1 aromatic carbocycles. The number of hydrogen-bond acceptors (Lipinski definition) is 2. The Bertz CT molecular complexity index is 435. The molecular formula is C14H16N2O. The number of benzene rings is 1. The van der Waals surface area contributed by atoms with Crippen LogP contribution in [0.4, 0.5) is 0 Å². The van der Waals surface area contributed by atoms with E-state index in [2.05, 4.69) is 6.07 Å². The van der Waals surface area contributed by atoms with Crippen LogP contribution in [-0.2, 0) is 4.79 Å². The molecule has 1 aromatic rings. The lowest BCUT2D eigenvalue weighted by Gasteiger charge is -2.23. The maximum atomic E-state index is 12.3. The minimum Gasteiger partial charge on any atom is -0.339 e. The van der Waals surface area contributed by atoms with Crippen molar-refractivity contribution in [3.8, 4) is 6.07 Å². The van der Waals surface area contributed by atoms with Crippen molar-refractivity contribution < 1.29 is 4.79 Å². The fourth-order valence-electron chi connectivity index (χ4n) is 2.34. The van der Waals surface area contributed by atoms with Crippen LogP contribution in [0.5, 0.6) is 0 Å². The molecule has 1 heterocycles. The zero-order valence-corrected chi connectivity index (χ0v) is 9.97. The Morgan fingerprint density at radius 1 is 1.47 bits per heavy atom. The van der Waals surface area contributed by atoms with Gasteiger partial charge in [-0.25, -0.2) is 0 Å². The topological polar surface area (TPSA) is 44.1 Å². The number of carbonyl (C=O) groups excluding carboxylic acids is 1. The predicted molar refractivity (Wildman–Crippen MR) is 65.2 cm³/mol. The van der Waals surface area contributed by atoms with Crippen LogP contribution in [-0.4, -0.2) is 23.4 Å². The summed E-state index contributed by atoms with van der Waals surface area (Å²) in [5.74, 6) is -0.708. The number of rotatable bonds is 2. The highest BCUT2D eigenvalue weighted by Gasteiger charge is 2.31. The molecule has 3 nitrogen and oxygen atoms in total. The van der Waals surface area contributed by atoms with Crippen LogP contribution in [0.3, 0.4) is 0 Å². The molecule has 0 bridgehead atoms. The maximum Gasteiger partial charge on any atom is 0.244 e. The molecule has 0 spiro atoms. The van der Waals surface area contributed by atoms with E-state index in [1.165, 1.54) is 0 Å². The van der Waals surface area contributed by atoms with Crippen LogP contribution in [0, 0.1) is 11.3 Å². The summed E-state index contributed by atoms with van der Waals surface area (Å²) in [5, 5.41) is 9.20. The first kappa shape index (κ1) is 11.7. The summed E-state index contributed by atoms with van der Waals surface area (Å²) in [6, 6.07) is 11.7. The first-order chi connectivity index (χ1) is 8.24. The number of nitriles is 1. The fraction of sp³-hybridized carbons (Fsp3) is 0.429. The molecule has 3 heteroatoms. The third-order valence-electron chi connectivity index (χ3n) is 3.35. The molecule has 0 radical (unpaired) electrons. The Morgan fingerprint density at radius 3 is 2.71 bits per heavy atom. The summed E-state index contributed by atoms with van der Waals surface area (Å²) < 4.78 is 0. The molecule has 17 heavy (non-hydrogen) atoms. The van der Waals surface area contributed by atoms with E-state index in [1.54, 1.807) is 0 Å². The molecule has 2 unspecified atom stereocenters. The Kier molecular flexibility index (Phi) is 3.43. The van der Waals surface area contributed by atoms with E-state index in [1.807, 2.05) is 42.2 Å². The first-order valence-electron chi connectivity index (χ1n) is 5.99. The van der Waals surface area contributed by atoms with Gasteiger partial charge < -0.3 is 4.90 Å². The van der Waals surface area contributed by atoms with Gasteiger partial charge in [0, 0.05) is 12.6 Å². The first-order valence-corrected chi connectivity index (χ1v) is 5.99. The van der Waals surface area contributed by atoms with Crippen molar-refractivity contribution in [3.05, 3.63) is 35.9 Å². The van der Waals surface area contributed by atoms with E-state index in [0.717, 1.165) is 24.9 Å². The summed E-state index contributed by atoms with van der Waals surface area (Å²) in [6.45, 7) is 2.83. The third-order valence-corrected chi connectivity index (χ3v) is 3.35. The summed E-state index contributed by atoms with van der Waals surface area (Å²) in [6.07, 6.45) is 2.08. The average molecular weight is 228 g/mol. The zero-order valence-electron chi connectivity index (χ0n) is 9.97. The number of nitrogens with zero attached hydrogens (tertiary/aromatic N) is 2. The second kappa shape index (κ2) is 5.01. The van der Waals surface area contributed by atoms with Crippen molar-refractivity contribution >= 4 is 5.91 Å². The van der Waals surface area contributed by atoms with Crippen LogP contribution in [0.2, 0.25) is 0 Å². The molecule has 0 aromatic heterocycles. The smallest absolute Gasteiger partial charge is 0.244 e. The Morgan fingerprint density at radius 2 is 2.18 bits per heavy atom. The van der Waals surface area contributed by atoms with Gasteiger partial charge in [-0.2, -0.15) is 5.26 Å². The average Bonchev–Trinajstić information content (AvgIpc) is 2.77. The summed E-state index contributed by atoms with van der Waals surface area (Å²) in [5.41, 5.74) is 0.791.